The van der Waals surface area contributed by atoms with E-state index in [1.54, 1.807) is 6.20 Å². The summed E-state index contributed by atoms with van der Waals surface area (Å²) in [6.45, 7) is 5.50. The lowest BCUT2D eigenvalue weighted by Gasteiger charge is -2.23. The zero-order valence-corrected chi connectivity index (χ0v) is 12.3. The van der Waals surface area contributed by atoms with Crippen LogP contribution >= 0.6 is 11.6 Å². The fraction of sp³-hybridized carbons (Fsp3) is 0.714. The lowest BCUT2D eigenvalue weighted by Crippen LogP contribution is -2.26. The van der Waals surface area contributed by atoms with Crippen LogP contribution in [0, 0.1) is 0 Å². The van der Waals surface area contributed by atoms with Gasteiger partial charge in [-0.1, -0.05) is 13.8 Å². The van der Waals surface area contributed by atoms with Crippen molar-refractivity contribution in [3.63, 3.8) is 0 Å². The highest BCUT2D eigenvalue weighted by molar-refractivity contribution is 6.17. The van der Waals surface area contributed by atoms with Crippen molar-refractivity contribution in [2.75, 3.05) is 13.2 Å². The van der Waals surface area contributed by atoms with Crippen molar-refractivity contribution < 1.29 is 9.47 Å². The maximum atomic E-state index is 5.93. The van der Waals surface area contributed by atoms with Gasteiger partial charge >= 0.3 is 0 Å². The summed E-state index contributed by atoms with van der Waals surface area (Å²) in [7, 11) is 0. The third-order valence-electron chi connectivity index (χ3n) is 3.19. The van der Waals surface area contributed by atoms with E-state index in [1.807, 2.05) is 0 Å². The highest BCUT2D eigenvalue weighted by Gasteiger charge is 2.16. The molecule has 0 aromatic carbocycles. The Morgan fingerprint density at radius 2 is 2.32 bits per heavy atom. The van der Waals surface area contributed by atoms with E-state index in [1.165, 1.54) is 6.42 Å². The summed E-state index contributed by atoms with van der Waals surface area (Å²) in [5, 5.41) is 0. The average Bonchev–Trinajstić information content (AvgIpc) is 2.45. The Morgan fingerprint density at radius 1 is 1.47 bits per heavy atom. The predicted octanol–water partition coefficient (Wildman–Crippen LogP) is 3.29. The fourth-order valence-corrected chi connectivity index (χ4v) is 2.23. The van der Waals surface area contributed by atoms with Crippen LogP contribution in [0.4, 0.5) is 0 Å². The molecule has 0 spiro atoms. The molecule has 1 aromatic heterocycles. The standard InChI is InChI=1S/C14H21ClN2O2/c1-10(2)14-16-8-13(12(7-15)17-14)19-9-11-5-3-4-6-18-11/h8,10-11H,3-7,9H2,1-2H3. The highest BCUT2D eigenvalue weighted by atomic mass is 35.5. The Kier molecular flexibility index (Phi) is 5.40. The van der Waals surface area contributed by atoms with Crippen LogP contribution < -0.4 is 4.74 Å². The van der Waals surface area contributed by atoms with Gasteiger partial charge in [-0.15, -0.1) is 11.6 Å². The van der Waals surface area contributed by atoms with E-state index < -0.39 is 0 Å². The summed E-state index contributed by atoms with van der Waals surface area (Å²) in [6, 6.07) is 0. The second kappa shape index (κ2) is 7.06. The van der Waals surface area contributed by atoms with E-state index in [4.69, 9.17) is 21.1 Å². The monoisotopic (exact) mass is 284 g/mol. The van der Waals surface area contributed by atoms with Gasteiger partial charge in [0.05, 0.1) is 18.2 Å². The topological polar surface area (TPSA) is 44.2 Å². The Labute approximate surface area is 119 Å². The van der Waals surface area contributed by atoms with Crippen LogP contribution in [0.2, 0.25) is 0 Å². The number of hydrogen-bond acceptors (Lipinski definition) is 4. The molecule has 1 unspecified atom stereocenters. The molecule has 2 rings (SSSR count). The first kappa shape index (κ1) is 14.5. The Bertz CT molecular complexity index is 406. The molecule has 0 radical (unpaired) electrons. The molecular formula is C14H21ClN2O2. The van der Waals surface area contributed by atoms with Gasteiger partial charge in [-0.05, 0) is 19.3 Å². The van der Waals surface area contributed by atoms with Crippen LogP contribution in [0.1, 0.15) is 50.5 Å². The number of rotatable bonds is 5. The van der Waals surface area contributed by atoms with Crippen molar-refractivity contribution in [2.45, 2.75) is 51.0 Å². The summed E-state index contributed by atoms with van der Waals surface area (Å²) >= 11 is 5.93. The van der Waals surface area contributed by atoms with Crippen LogP contribution in [-0.4, -0.2) is 29.3 Å². The van der Waals surface area contributed by atoms with Crippen molar-refractivity contribution >= 4 is 11.6 Å². The number of nitrogens with zero attached hydrogens (tertiary/aromatic N) is 2. The van der Waals surface area contributed by atoms with Crippen molar-refractivity contribution in [1.29, 1.82) is 0 Å². The van der Waals surface area contributed by atoms with Gasteiger partial charge < -0.3 is 9.47 Å². The fourth-order valence-electron chi connectivity index (χ4n) is 2.04. The van der Waals surface area contributed by atoms with Crippen LogP contribution in [0.3, 0.4) is 0 Å². The Morgan fingerprint density at radius 3 is 2.95 bits per heavy atom. The second-order valence-electron chi connectivity index (χ2n) is 5.13. The maximum absolute atomic E-state index is 5.93. The van der Waals surface area contributed by atoms with E-state index in [0.717, 1.165) is 31.0 Å². The van der Waals surface area contributed by atoms with Gasteiger partial charge in [0.2, 0.25) is 0 Å². The number of hydrogen-bond donors (Lipinski definition) is 0. The SMILES string of the molecule is CC(C)c1ncc(OCC2CCCCO2)c(CCl)n1. The van der Waals surface area contributed by atoms with Gasteiger partial charge in [0.1, 0.15) is 18.1 Å². The molecule has 5 heteroatoms. The molecule has 2 heterocycles. The minimum absolute atomic E-state index is 0.182. The number of alkyl halides is 1. The molecule has 0 bridgehead atoms. The van der Waals surface area contributed by atoms with E-state index >= 15 is 0 Å². The molecule has 4 nitrogen and oxygen atoms in total. The summed E-state index contributed by atoms with van der Waals surface area (Å²) in [5.41, 5.74) is 0.760. The molecule has 1 saturated heterocycles. The molecule has 0 aliphatic carbocycles. The van der Waals surface area contributed by atoms with Gasteiger partial charge in [0.15, 0.2) is 5.75 Å². The lowest BCUT2D eigenvalue weighted by molar-refractivity contribution is -0.0113. The molecule has 0 N–H and O–H groups in total. The van der Waals surface area contributed by atoms with Gasteiger partial charge in [-0.25, -0.2) is 9.97 Å². The highest BCUT2D eigenvalue weighted by Crippen LogP contribution is 2.21. The summed E-state index contributed by atoms with van der Waals surface area (Å²) in [5.74, 6) is 2.10. The summed E-state index contributed by atoms with van der Waals surface area (Å²) in [4.78, 5) is 8.76. The molecule has 106 valence electrons. The van der Waals surface area contributed by atoms with Crippen molar-refractivity contribution in [3.05, 3.63) is 17.7 Å². The van der Waals surface area contributed by atoms with Crippen LogP contribution in [0.15, 0.2) is 6.20 Å². The van der Waals surface area contributed by atoms with Crippen molar-refractivity contribution in [3.8, 4) is 5.75 Å². The normalized spacial score (nSPS) is 19.7. The Hall–Kier alpha value is -0.870. The minimum atomic E-state index is 0.182. The smallest absolute Gasteiger partial charge is 0.160 e. The van der Waals surface area contributed by atoms with Crippen LogP contribution in [0.5, 0.6) is 5.75 Å². The molecule has 1 aromatic rings. The second-order valence-corrected chi connectivity index (χ2v) is 5.39. The molecule has 1 atom stereocenters. The van der Waals surface area contributed by atoms with E-state index in [9.17, 15) is 0 Å². The number of halogens is 1. The minimum Gasteiger partial charge on any atom is -0.487 e. The summed E-state index contributed by atoms with van der Waals surface area (Å²) < 4.78 is 11.4. The molecule has 1 aliphatic heterocycles. The largest absolute Gasteiger partial charge is 0.487 e. The number of aromatic nitrogens is 2. The molecular weight excluding hydrogens is 264 g/mol. The van der Waals surface area contributed by atoms with Crippen LogP contribution in [-0.2, 0) is 10.6 Å². The average molecular weight is 285 g/mol. The quantitative estimate of drug-likeness (QED) is 0.778. The van der Waals surface area contributed by atoms with Crippen LogP contribution in [0.25, 0.3) is 0 Å². The zero-order valence-electron chi connectivity index (χ0n) is 11.6. The molecule has 0 saturated carbocycles. The van der Waals surface area contributed by atoms with Crippen molar-refractivity contribution in [2.24, 2.45) is 0 Å². The third kappa shape index (κ3) is 4.05. The van der Waals surface area contributed by atoms with Gasteiger partial charge in [-0.2, -0.15) is 0 Å². The molecule has 1 aliphatic rings. The van der Waals surface area contributed by atoms with Crippen molar-refractivity contribution in [1.82, 2.24) is 9.97 Å². The molecule has 0 amide bonds. The first-order valence-electron chi connectivity index (χ1n) is 6.87. The van der Waals surface area contributed by atoms with E-state index in [-0.39, 0.29) is 12.0 Å². The zero-order chi connectivity index (χ0) is 13.7. The third-order valence-corrected chi connectivity index (χ3v) is 3.44. The first-order valence-corrected chi connectivity index (χ1v) is 7.40. The predicted molar refractivity (Wildman–Crippen MR) is 74.8 cm³/mol. The van der Waals surface area contributed by atoms with E-state index in [0.29, 0.717) is 18.2 Å². The molecule has 19 heavy (non-hydrogen) atoms. The van der Waals surface area contributed by atoms with Gasteiger partial charge in [0, 0.05) is 12.5 Å². The number of ether oxygens (including phenoxy) is 2. The lowest BCUT2D eigenvalue weighted by atomic mass is 10.1. The van der Waals surface area contributed by atoms with E-state index in [2.05, 4.69) is 23.8 Å². The maximum Gasteiger partial charge on any atom is 0.160 e. The van der Waals surface area contributed by atoms with Gasteiger partial charge in [0.25, 0.3) is 0 Å². The Balaban J connectivity index is 1.98. The summed E-state index contributed by atoms with van der Waals surface area (Å²) in [6.07, 6.45) is 5.32. The first-order chi connectivity index (χ1) is 9.20. The molecule has 1 fully saturated rings. The van der Waals surface area contributed by atoms with Gasteiger partial charge in [-0.3, -0.25) is 0 Å².